The maximum atomic E-state index is 11.0. The Labute approximate surface area is 171 Å². The summed E-state index contributed by atoms with van der Waals surface area (Å²) < 4.78 is 1.63. The van der Waals surface area contributed by atoms with Gasteiger partial charge in [-0.05, 0) is 49.5 Å². The Kier molecular flexibility index (Phi) is 6.03. The molecule has 3 rings (SSSR count). The zero-order chi connectivity index (χ0) is 20.1. The SMILES string of the molecule is Cc1nn(-c2ccccc2)c(Cl)c1/C=N/NC(=S)Nc1cccc(C(=O)O)c1. The van der Waals surface area contributed by atoms with Crippen LogP contribution in [0.1, 0.15) is 21.6 Å². The maximum absolute atomic E-state index is 11.0. The number of thiocarbonyl (C=S) groups is 1. The average molecular weight is 414 g/mol. The van der Waals surface area contributed by atoms with E-state index in [2.05, 4.69) is 20.9 Å². The number of aromatic nitrogens is 2. The minimum absolute atomic E-state index is 0.159. The predicted octanol–water partition coefficient (Wildman–Crippen LogP) is 3.85. The van der Waals surface area contributed by atoms with Crippen molar-refractivity contribution in [3.8, 4) is 5.69 Å². The Morgan fingerprint density at radius 3 is 2.71 bits per heavy atom. The van der Waals surface area contributed by atoms with Crippen molar-refractivity contribution in [2.45, 2.75) is 6.92 Å². The van der Waals surface area contributed by atoms with Crippen molar-refractivity contribution in [2.24, 2.45) is 5.10 Å². The second-order valence-corrected chi connectivity index (χ2v) is 6.51. The first-order valence-electron chi connectivity index (χ1n) is 8.19. The first-order valence-corrected chi connectivity index (χ1v) is 8.98. The van der Waals surface area contributed by atoms with Gasteiger partial charge in [-0.1, -0.05) is 35.9 Å². The molecular formula is C19H16ClN5O2S. The number of nitrogens with zero attached hydrogens (tertiary/aromatic N) is 3. The second-order valence-electron chi connectivity index (χ2n) is 5.75. The number of rotatable bonds is 5. The third kappa shape index (κ3) is 4.54. The van der Waals surface area contributed by atoms with Gasteiger partial charge in [0.2, 0.25) is 0 Å². The second kappa shape index (κ2) is 8.64. The van der Waals surface area contributed by atoms with E-state index >= 15 is 0 Å². The molecule has 0 bridgehead atoms. The molecule has 0 aliphatic carbocycles. The summed E-state index contributed by atoms with van der Waals surface area (Å²) in [6, 6.07) is 15.8. The Morgan fingerprint density at radius 2 is 2.00 bits per heavy atom. The van der Waals surface area contributed by atoms with Crippen molar-refractivity contribution in [1.29, 1.82) is 0 Å². The number of hydrogen-bond acceptors (Lipinski definition) is 4. The van der Waals surface area contributed by atoms with E-state index in [0.717, 1.165) is 5.69 Å². The lowest BCUT2D eigenvalue weighted by molar-refractivity contribution is 0.0697. The Bertz CT molecular complexity index is 1050. The predicted molar refractivity (Wildman–Crippen MR) is 114 cm³/mol. The summed E-state index contributed by atoms with van der Waals surface area (Å²) in [5.41, 5.74) is 5.60. The smallest absolute Gasteiger partial charge is 0.335 e. The topological polar surface area (TPSA) is 91.5 Å². The highest BCUT2D eigenvalue weighted by Gasteiger charge is 2.13. The molecule has 0 saturated carbocycles. The minimum atomic E-state index is -1.01. The van der Waals surface area contributed by atoms with Crippen LogP contribution in [0, 0.1) is 6.92 Å². The van der Waals surface area contributed by atoms with E-state index in [0.29, 0.717) is 22.1 Å². The van der Waals surface area contributed by atoms with Crippen molar-refractivity contribution < 1.29 is 9.90 Å². The van der Waals surface area contributed by atoms with E-state index < -0.39 is 5.97 Å². The molecule has 3 N–H and O–H groups in total. The van der Waals surface area contributed by atoms with Crippen LogP contribution in [-0.4, -0.2) is 32.2 Å². The van der Waals surface area contributed by atoms with Crippen molar-refractivity contribution >= 4 is 46.8 Å². The van der Waals surface area contributed by atoms with Gasteiger partial charge in [0.05, 0.1) is 28.7 Å². The summed E-state index contributed by atoms with van der Waals surface area (Å²) in [5.74, 6) is -1.01. The molecule has 0 atom stereocenters. The number of hydrazone groups is 1. The number of carboxylic acid groups (broad SMARTS) is 1. The molecule has 1 heterocycles. The lowest BCUT2D eigenvalue weighted by Crippen LogP contribution is -2.24. The molecular weight excluding hydrogens is 398 g/mol. The van der Waals surface area contributed by atoms with Gasteiger partial charge in [0, 0.05) is 5.69 Å². The van der Waals surface area contributed by atoms with Crippen LogP contribution in [0.4, 0.5) is 5.69 Å². The Hall–Kier alpha value is -3.23. The standard InChI is InChI=1S/C19H16ClN5O2S/c1-12-16(17(20)25(24-12)15-8-3-2-4-9-15)11-21-23-19(28)22-14-7-5-6-13(10-14)18(26)27/h2-11H,1H3,(H,26,27)(H2,22,23,28)/b21-11+. The summed E-state index contributed by atoms with van der Waals surface area (Å²) in [4.78, 5) is 11.0. The van der Waals surface area contributed by atoms with Crippen LogP contribution >= 0.6 is 23.8 Å². The summed E-state index contributed by atoms with van der Waals surface area (Å²) in [6.07, 6.45) is 1.53. The maximum Gasteiger partial charge on any atom is 0.335 e. The number of anilines is 1. The molecule has 0 aliphatic rings. The highest BCUT2D eigenvalue weighted by molar-refractivity contribution is 7.80. The molecule has 0 fully saturated rings. The van der Waals surface area contributed by atoms with Gasteiger partial charge >= 0.3 is 5.97 Å². The number of carboxylic acids is 1. The Balaban J connectivity index is 1.68. The van der Waals surface area contributed by atoms with Gasteiger partial charge in [-0.3, -0.25) is 5.43 Å². The van der Waals surface area contributed by atoms with Crippen LogP contribution < -0.4 is 10.7 Å². The van der Waals surface area contributed by atoms with Crippen LogP contribution in [0.25, 0.3) is 5.69 Å². The lowest BCUT2D eigenvalue weighted by Gasteiger charge is -2.07. The molecule has 142 valence electrons. The zero-order valence-corrected chi connectivity index (χ0v) is 16.3. The van der Waals surface area contributed by atoms with Gasteiger partial charge in [0.25, 0.3) is 0 Å². The number of para-hydroxylation sites is 1. The molecule has 2 aromatic carbocycles. The number of aromatic carboxylic acids is 1. The zero-order valence-electron chi connectivity index (χ0n) is 14.8. The summed E-state index contributed by atoms with van der Waals surface area (Å²) >= 11 is 11.6. The van der Waals surface area contributed by atoms with Crippen molar-refractivity contribution in [1.82, 2.24) is 15.2 Å². The molecule has 0 amide bonds. The van der Waals surface area contributed by atoms with E-state index in [1.54, 1.807) is 16.8 Å². The van der Waals surface area contributed by atoms with Gasteiger partial charge in [-0.15, -0.1) is 0 Å². The van der Waals surface area contributed by atoms with E-state index in [-0.39, 0.29) is 10.7 Å². The van der Waals surface area contributed by atoms with Crippen LogP contribution in [-0.2, 0) is 0 Å². The normalized spacial score (nSPS) is 10.8. The first kappa shape index (κ1) is 19.5. The van der Waals surface area contributed by atoms with E-state index in [1.165, 1.54) is 18.3 Å². The van der Waals surface area contributed by atoms with Crippen LogP contribution in [0.5, 0.6) is 0 Å². The molecule has 28 heavy (non-hydrogen) atoms. The highest BCUT2D eigenvalue weighted by atomic mass is 35.5. The first-order chi connectivity index (χ1) is 13.5. The van der Waals surface area contributed by atoms with E-state index in [1.807, 2.05) is 37.3 Å². The number of hydrogen-bond donors (Lipinski definition) is 3. The number of carbonyl (C=O) groups is 1. The number of aryl methyl sites for hydroxylation is 1. The van der Waals surface area contributed by atoms with E-state index in [4.69, 9.17) is 28.9 Å². The van der Waals surface area contributed by atoms with Gasteiger partial charge in [0.15, 0.2) is 5.11 Å². The fourth-order valence-electron chi connectivity index (χ4n) is 2.44. The summed E-state index contributed by atoms with van der Waals surface area (Å²) in [5, 5.41) is 21.1. The fraction of sp³-hybridized carbons (Fsp3) is 0.0526. The molecule has 1 aromatic heterocycles. The monoisotopic (exact) mass is 413 g/mol. The Morgan fingerprint density at radius 1 is 1.25 bits per heavy atom. The van der Waals surface area contributed by atoms with Crippen molar-refractivity contribution in [2.75, 3.05) is 5.32 Å². The van der Waals surface area contributed by atoms with Crippen molar-refractivity contribution in [3.63, 3.8) is 0 Å². The molecule has 3 aromatic rings. The highest BCUT2D eigenvalue weighted by Crippen LogP contribution is 2.21. The number of halogens is 1. The van der Waals surface area contributed by atoms with Gasteiger partial charge in [-0.2, -0.15) is 10.2 Å². The molecule has 0 saturated heterocycles. The molecule has 0 spiro atoms. The molecule has 0 radical (unpaired) electrons. The molecule has 7 nitrogen and oxygen atoms in total. The largest absolute Gasteiger partial charge is 0.478 e. The third-order valence-electron chi connectivity index (χ3n) is 3.78. The minimum Gasteiger partial charge on any atom is -0.478 e. The quantitative estimate of drug-likeness (QED) is 0.334. The van der Waals surface area contributed by atoms with Crippen molar-refractivity contribution in [3.05, 3.63) is 76.6 Å². The average Bonchev–Trinajstić information content (AvgIpc) is 2.97. The number of nitrogens with one attached hydrogen (secondary N) is 2. The summed E-state index contributed by atoms with van der Waals surface area (Å²) in [7, 11) is 0. The number of benzene rings is 2. The van der Waals surface area contributed by atoms with Gasteiger partial charge in [0.1, 0.15) is 5.15 Å². The van der Waals surface area contributed by atoms with Crippen LogP contribution in [0.2, 0.25) is 5.15 Å². The molecule has 0 aliphatic heterocycles. The van der Waals surface area contributed by atoms with Gasteiger partial charge in [-0.25, -0.2) is 9.48 Å². The third-order valence-corrected chi connectivity index (χ3v) is 4.33. The molecule has 0 unspecified atom stereocenters. The van der Waals surface area contributed by atoms with Gasteiger partial charge < -0.3 is 10.4 Å². The fourth-order valence-corrected chi connectivity index (χ4v) is 2.93. The lowest BCUT2D eigenvalue weighted by atomic mass is 10.2. The van der Waals surface area contributed by atoms with Crippen LogP contribution in [0.3, 0.4) is 0 Å². The van der Waals surface area contributed by atoms with E-state index in [9.17, 15) is 4.79 Å². The molecule has 9 heteroatoms. The van der Waals surface area contributed by atoms with Crippen LogP contribution in [0.15, 0.2) is 59.7 Å². The summed E-state index contributed by atoms with van der Waals surface area (Å²) in [6.45, 7) is 1.83.